The van der Waals surface area contributed by atoms with Gasteiger partial charge in [0.25, 0.3) is 5.92 Å². The summed E-state index contributed by atoms with van der Waals surface area (Å²) >= 11 is 0. The molecule has 1 saturated heterocycles. The van der Waals surface area contributed by atoms with Crippen molar-refractivity contribution in [2.24, 2.45) is 0 Å². The monoisotopic (exact) mass is 514 g/mol. The van der Waals surface area contributed by atoms with E-state index in [1.54, 1.807) is 50.5 Å². The number of hydrogen-bond acceptors (Lipinski definition) is 7. The molecule has 4 aromatic rings. The van der Waals surface area contributed by atoms with Gasteiger partial charge in [0.2, 0.25) is 0 Å². The average Bonchev–Trinajstić information content (AvgIpc) is 3.47. The number of ether oxygens (including phenoxy) is 1. The van der Waals surface area contributed by atoms with Gasteiger partial charge in [-0.2, -0.15) is 14.0 Å². The molecule has 0 spiro atoms. The zero-order valence-corrected chi connectivity index (χ0v) is 19.9. The molecule has 3 aromatic heterocycles. The topological polar surface area (TPSA) is 97.7 Å². The van der Waals surface area contributed by atoms with Crippen molar-refractivity contribution in [1.29, 1.82) is 5.26 Å². The van der Waals surface area contributed by atoms with Gasteiger partial charge in [0.05, 0.1) is 23.4 Å². The Labute approximate surface area is 208 Å². The normalized spacial score (nSPS) is 18.2. The van der Waals surface area contributed by atoms with E-state index < -0.39 is 31.2 Å². The summed E-state index contributed by atoms with van der Waals surface area (Å²) in [6, 6.07) is 7.09. The first kappa shape index (κ1) is 24.5. The third-order valence-corrected chi connectivity index (χ3v) is 6.45. The molecule has 13 heteroatoms. The van der Waals surface area contributed by atoms with Crippen molar-refractivity contribution in [2.45, 2.75) is 44.9 Å². The first-order chi connectivity index (χ1) is 17.7. The fraction of sp³-hybridized carbons (Fsp3) is 0.375. The number of likely N-dealkylation sites (tertiary alicyclic amines) is 1. The molecule has 0 radical (unpaired) electrons. The van der Waals surface area contributed by atoms with Gasteiger partial charge in [-0.25, -0.2) is 18.4 Å². The highest BCUT2D eigenvalue weighted by molar-refractivity contribution is 5.87. The molecule has 0 saturated carbocycles. The average molecular weight is 514 g/mol. The van der Waals surface area contributed by atoms with E-state index in [0.29, 0.717) is 27.2 Å². The third-order valence-electron chi connectivity index (χ3n) is 6.45. The zero-order chi connectivity index (χ0) is 26.3. The Bertz CT molecular complexity index is 1460. The van der Waals surface area contributed by atoms with Gasteiger partial charge in [0.1, 0.15) is 35.4 Å². The summed E-state index contributed by atoms with van der Waals surface area (Å²) in [6.07, 6.45) is 3.81. The molecule has 5 rings (SSSR count). The maximum Gasteiger partial charge on any atom is 0.320 e. The fourth-order valence-electron chi connectivity index (χ4n) is 4.59. The van der Waals surface area contributed by atoms with Gasteiger partial charge in [-0.1, -0.05) is 11.3 Å². The smallest absolute Gasteiger partial charge is 0.320 e. The van der Waals surface area contributed by atoms with Crippen LogP contribution in [0, 0.1) is 18.4 Å². The summed E-state index contributed by atoms with van der Waals surface area (Å²) in [7, 11) is 0. The van der Waals surface area contributed by atoms with E-state index in [0.717, 1.165) is 11.2 Å². The standard InChI is InChI=1S/C24H22F4N8O/c1-14-21(32-33-36(14)20-6-8-34(12-29)11-24(20,27)28)16-9-18-22(35(13-31-18)23(25)26)19(10-16)37-15(2)17-5-3-4-7-30-17/h3-5,7,9-10,13,15,20,23H,6,8,11H2,1-2H3/t15-,20?/m1/s1. The second-order valence-corrected chi connectivity index (χ2v) is 8.84. The molecule has 192 valence electrons. The number of alkyl halides is 4. The molecule has 9 nitrogen and oxygen atoms in total. The number of benzene rings is 1. The number of halogens is 4. The van der Waals surface area contributed by atoms with Gasteiger partial charge in [-0.15, -0.1) is 5.10 Å². The lowest BCUT2D eigenvalue weighted by Gasteiger charge is -2.35. The number of pyridine rings is 1. The Balaban J connectivity index is 1.56. The summed E-state index contributed by atoms with van der Waals surface area (Å²) < 4.78 is 65.1. The summed E-state index contributed by atoms with van der Waals surface area (Å²) in [5, 5.41) is 17.2. The maximum atomic E-state index is 14.8. The van der Waals surface area contributed by atoms with E-state index in [2.05, 4.69) is 20.3 Å². The molecule has 1 aliphatic rings. The molecule has 1 aliphatic heterocycles. The van der Waals surface area contributed by atoms with E-state index in [1.165, 1.54) is 10.7 Å². The summed E-state index contributed by atoms with van der Waals surface area (Å²) in [6.45, 7) is -0.0375. The number of piperidine rings is 1. The minimum Gasteiger partial charge on any atom is -0.482 e. The molecule has 1 aromatic carbocycles. The van der Waals surface area contributed by atoms with Crippen LogP contribution in [-0.2, 0) is 0 Å². The number of nitrogens with zero attached hydrogens (tertiary/aromatic N) is 8. The van der Waals surface area contributed by atoms with Crippen LogP contribution in [0.3, 0.4) is 0 Å². The number of hydrogen-bond donors (Lipinski definition) is 0. The van der Waals surface area contributed by atoms with Gasteiger partial charge >= 0.3 is 6.55 Å². The van der Waals surface area contributed by atoms with Gasteiger partial charge in [0.15, 0.2) is 6.19 Å². The van der Waals surface area contributed by atoms with E-state index in [4.69, 9.17) is 10.00 Å². The van der Waals surface area contributed by atoms with Crippen molar-refractivity contribution in [3.8, 4) is 23.2 Å². The van der Waals surface area contributed by atoms with E-state index in [9.17, 15) is 17.6 Å². The quantitative estimate of drug-likeness (QED) is 0.267. The van der Waals surface area contributed by atoms with Crippen LogP contribution in [0.2, 0.25) is 0 Å². The Morgan fingerprint density at radius 3 is 2.70 bits per heavy atom. The second kappa shape index (κ2) is 9.34. The molecule has 0 N–H and O–H groups in total. The van der Waals surface area contributed by atoms with Crippen LogP contribution in [0.1, 0.15) is 43.4 Å². The first-order valence-electron chi connectivity index (χ1n) is 11.5. The molecule has 2 atom stereocenters. The minimum absolute atomic E-state index is 0.0119. The number of fused-ring (bicyclic) bond motifs is 1. The van der Waals surface area contributed by atoms with Crippen LogP contribution in [0.25, 0.3) is 22.3 Å². The van der Waals surface area contributed by atoms with Crippen molar-refractivity contribution < 1.29 is 22.3 Å². The van der Waals surface area contributed by atoms with Crippen molar-refractivity contribution in [1.82, 2.24) is 34.4 Å². The summed E-state index contributed by atoms with van der Waals surface area (Å²) in [4.78, 5) is 9.39. The highest BCUT2D eigenvalue weighted by Crippen LogP contribution is 2.40. The van der Waals surface area contributed by atoms with Gasteiger partial charge in [-0.3, -0.25) is 9.55 Å². The molecular weight excluding hydrogens is 492 g/mol. The first-order valence-corrected chi connectivity index (χ1v) is 11.5. The number of nitriles is 1. The van der Waals surface area contributed by atoms with Crippen LogP contribution in [0.15, 0.2) is 42.9 Å². The van der Waals surface area contributed by atoms with Crippen LogP contribution < -0.4 is 4.74 Å². The number of aromatic nitrogens is 6. The number of rotatable bonds is 6. The lowest BCUT2D eigenvalue weighted by atomic mass is 10.0. The highest BCUT2D eigenvalue weighted by Gasteiger charge is 2.47. The Morgan fingerprint density at radius 1 is 1.22 bits per heavy atom. The largest absolute Gasteiger partial charge is 0.482 e. The van der Waals surface area contributed by atoms with Crippen molar-refractivity contribution in [2.75, 3.05) is 13.1 Å². The Hall–Kier alpha value is -4.21. The molecule has 37 heavy (non-hydrogen) atoms. The SMILES string of the molecule is Cc1c(-c2cc(O[C@H](C)c3ccccn3)c3c(c2)ncn3C(F)F)nnn1C1CCN(C#N)CC1(F)F. The third kappa shape index (κ3) is 4.43. The second-order valence-electron chi connectivity index (χ2n) is 8.84. The maximum absolute atomic E-state index is 14.8. The van der Waals surface area contributed by atoms with E-state index in [-0.39, 0.29) is 29.7 Å². The van der Waals surface area contributed by atoms with Crippen LogP contribution in [-0.4, -0.2) is 53.4 Å². The van der Waals surface area contributed by atoms with Gasteiger partial charge in [0, 0.05) is 18.3 Å². The molecular formula is C24H22F4N8O. The Morgan fingerprint density at radius 2 is 2.03 bits per heavy atom. The minimum atomic E-state index is -3.20. The molecule has 1 fully saturated rings. The molecule has 0 bridgehead atoms. The molecule has 0 aliphatic carbocycles. The van der Waals surface area contributed by atoms with E-state index >= 15 is 0 Å². The molecule has 4 heterocycles. The lowest BCUT2D eigenvalue weighted by Crippen LogP contribution is -2.47. The predicted molar refractivity (Wildman–Crippen MR) is 124 cm³/mol. The fourth-order valence-corrected chi connectivity index (χ4v) is 4.59. The molecule has 1 unspecified atom stereocenters. The van der Waals surface area contributed by atoms with Crippen LogP contribution >= 0.6 is 0 Å². The van der Waals surface area contributed by atoms with E-state index in [1.807, 2.05) is 0 Å². The lowest BCUT2D eigenvalue weighted by molar-refractivity contribution is -0.0961. The number of imidazole rings is 1. The van der Waals surface area contributed by atoms with Crippen molar-refractivity contribution in [3.05, 3.63) is 54.2 Å². The van der Waals surface area contributed by atoms with Crippen LogP contribution in [0.5, 0.6) is 5.75 Å². The van der Waals surface area contributed by atoms with Crippen molar-refractivity contribution >= 4 is 11.0 Å². The van der Waals surface area contributed by atoms with Crippen LogP contribution in [0.4, 0.5) is 17.6 Å². The summed E-state index contributed by atoms with van der Waals surface area (Å²) in [5.74, 6) is -3.08. The zero-order valence-electron chi connectivity index (χ0n) is 19.9. The van der Waals surface area contributed by atoms with Crippen molar-refractivity contribution in [3.63, 3.8) is 0 Å². The highest BCUT2D eigenvalue weighted by atomic mass is 19.3. The Kier molecular flexibility index (Phi) is 6.18. The summed E-state index contributed by atoms with van der Waals surface area (Å²) in [5.41, 5.74) is 1.99. The molecule has 0 amide bonds. The predicted octanol–water partition coefficient (Wildman–Crippen LogP) is 4.90. The van der Waals surface area contributed by atoms with Gasteiger partial charge in [-0.05, 0) is 44.5 Å². The van der Waals surface area contributed by atoms with Gasteiger partial charge < -0.3 is 9.64 Å².